The minimum atomic E-state index is -0.697. The van der Waals surface area contributed by atoms with Crippen molar-refractivity contribution in [2.75, 3.05) is 12.0 Å². The van der Waals surface area contributed by atoms with Crippen molar-refractivity contribution in [1.29, 1.82) is 0 Å². The first-order valence-electron chi connectivity index (χ1n) is 13.8. The molecule has 3 heterocycles. The number of aromatic amines is 1. The number of para-hydroxylation sites is 2. The molecule has 4 aromatic rings. The number of H-pyrrole nitrogens is 1. The van der Waals surface area contributed by atoms with Gasteiger partial charge in [-0.15, -0.1) is 0 Å². The first kappa shape index (κ1) is 24.5. The van der Waals surface area contributed by atoms with Gasteiger partial charge in [0.1, 0.15) is 17.8 Å². The van der Waals surface area contributed by atoms with E-state index < -0.39 is 18.1 Å². The summed E-state index contributed by atoms with van der Waals surface area (Å²) in [7, 11) is 1.61. The second-order valence-electron chi connectivity index (χ2n) is 10.8. The van der Waals surface area contributed by atoms with Gasteiger partial charge in [0.05, 0.1) is 18.4 Å². The first-order chi connectivity index (χ1) is 19.5. The maximum absolute atomic E-state index is 14.3. The molecule has 4 amide bonds. The van der Waals surface area contributed by atoms with Gasteiger partial charge in [-0.2, -0.15) is 0 Å². The largest absolute Gasteiger partial charge is 0.497 e. The van der Waals surface area contributed by atoms with Gasteiger partial charge in [0.15, 0.2) is 0 Å². The molecule has 3 aromatic carbocycles. The van der Waals surface area contributed by atoms with E-state index in [1.54, 1.807) is 36.3 Å². The molecular formula is C32H30N4O4. The van der Waals surface area contributed by atoms with Crippen molar-refractivity contribution in [2.24, 2.45) is 0 Å². The Morgan fingerprint density at radius 1 is 0.950 bits per heavy atom. The molecule has 7 rings (SSSR count). The monoisotopic (exact) mass is 534 g/mol. The minimum absolute atomic E-state index is 0.120. The third kappa shape index (κ3) is 3.78. The molecule has 0 radical (unpaired) electrons. The van der Waals surface area contributed by atoms with Gasteiger partial charge in [0, 0.05) is 29.1 Å². The zero-order valence-electron chi connectivity index (χ0n) is 22.2. The summed E-state index contributed by atoms with van der Waals surface area (Å²) in [5, 5.41) is 4.16. The van der Waals surface area contributed by atoms with E-state index in [2.05, 4.69) is 10.3 Å². The molecule has 8 nitrogen and oxygen atoms in total. The normalized spacial score (nSPS) is 20.6. The number of benzene rings is 3. The molecule has 3 aliphatic rings. The number of urea groups is 1. The molecule has 1 saturated heterocycles. The number of ether oxygens (including phenoxy) is 1. The van der Waals surface area contributed by atoms with Crippen molar-refractivity contribution in [3.05, 3.63) is 95.2 Å². The van der Waals surface area contributed by atoms with Crippen molar-refractivity contribution in [2.45, 2.75) is 50.2 Å². The van der Waals surface area contributed by atoms with E-state index >= 15 is 0 Å². The Morgan fingerprint density at radius 3 is 2.45 bits per heavy atom. The lowest BCUT2D eigenvalue weighted by atomic mass is 9.89. The van der Waals surface area contributed by atoms with Crippen molar-refractivity contribution < 1.29 is 19.1 Å². The van der Waals surface area contributed by atoms with Crippen molar-refractivity contribution in [3.8, 4) is 5.75 Å². The van der Waals surface area contributed by atoms with Crippen molar-refractivity contribution in [1.82, 2.24) is 15.2 Å². The maximum Gasteiger partial charge on any atom is 0.332 e. The van der Waals surface area contributed by atoms with Gasteiger partial charge < -0.3 is 15.0 Å². The van der Waals surface area contributed by atoms with Crippen molar-refractivity contribution >= 4 is 34.4 Å². The van der Waals surface area contributed by atoms with Crippen LogP contribution in [0.5, 0.6) is 5.75 Å². The zero-order chi connectivity index (χ0) is 27.4. The molecule has 1 aromatic heterocycles. The standard InChI is InChI=1S/C32H30N4O4/c1-40-21-16-14-19(15-17-21)29-28-24(22-10-4-6-12-25(22)34-28)18-27-31(38)36(32(39)35(27)29)26-13-7-5-11-23(26)30(37)33-20-8-2-3-9-20/h4-7,10-17,20,27,29,34H,2-3,8-9,18H2,1H3,(H,33,37)/t27-,29+/m0/s1. The Labute approximate surface area is 231 Å². The molecular weight excluding hydrogens is 504 g/mol. The summed E-state index contributed by atoms with van der Waals surface area (Å²) in [4.78, 5) is 48.2. The summed E-state index contributed by atoms with van der Waals surface area (Å²) in [6, 6.07) is 21.0. The number of carbonyl (C=O) groups is 3. The van der Waals surface area contributed by atoms with Gasteiger partial charge in [-0.25, -0.2) is 9.69 Å². The fourth-order valence-corrected chi connectivity index (χ4v) is 6.62. The highest BCUT2D eigenvalue weighted by Crippen LogP contribution is 2.45. The van der Waals surface area contributed by atoms with Crippen LogP contribution >= 0.6 is 0 Å². The van der Waals surface area contributed by atoms with Crippen LogP contribution in [0.2, 0.25) is 0 Å². The fourth-order valence-electron chi connectivity index (χ4n) is 6.62. The molecule has 0 bridgehead atoms. The SMILES string of the molecule is COc1ccc([C@@H]2c3[nH]c4ccccc4c3C[C@H]3C(=O)N(c4ccccc4C(=O)NC4CCCC4)C(=O)N23)cc1. The lowest BCUT2D eigenvalue weighted by Crippen LogP contribution is -2.44. The van der Waals surface area contributed by atoms with E-state index in [0.29, 0.717) is 23.4 Å². The molecule has 1 saturated carbocycles. The van der Waals surface area contributed by atoms with E-state index in [-0.39, 0.29) is 17.9 Å². The van der Waals surface area contributed by atoms with Gasteiger partial charge in [-0.3, -0.25) is 14.5 Å². The van der Waals surface area contributed by atoms with Gasteiger partial charge in [0.2, 0.25) is 0 Å². The molecule has 2 aliphatic heterocycles. The number of nitrogens with zero attached hydrogens (tertiary/aromatic N) is 2. The van der Waals surface area contributed by atoms with Gasteiger partial charge in [0.25, 0.3) is 11.8 Å². The van der Waals surface area contributed by atoms with E-state index in [9.17, 15) is 14.4 Å². The number of nitrogens with one attached hydrogen (secondary N) is 2. The zero-order valence-corrected chi connectivity index (χ0v) is 22.2. The van der Waals surface area contributed by atoms with Gasteiger partial charge >= 0.3 is 6.03 Å². The lowest BCUT2D eigenvalue weighted by molar-refractivity contribution is -0.120. The van der Waals surface area contributed by atoms with Gasteiger partial charge in [-0.05, 0) is 54.3 Å². The Balaban J connectivity index is 1.32. The highest BCUT2D eigenvalue weighted by atomic mass is 16.5. The quantitative estimate of drug-likeness (QED) is 0.338. The average molecular weight is 535 g/mol. The maximum atomic E-state index is 14.3. The summed E-state index contributed by atoms with van der Waals surface area (Å²) in [5.41, 5.74) is 4.43. The molecule has 1 aliphatic carbocycles. The predicted octanol–water partition coefficient (Wildman–Crippen LogP) is 5.33. The number of rotatable bonds is 5. The molecule has 2 fully saturated rings. The average Bonchev–Trinajstić information content (AvgIpc) is 3.69. The van der Waals surface area contributed by atoms with Crippen LogP contribution in [0.1, 0.15) is 58.9 Å². The summed E-state index contributed by atoms with van der Waals surface area (Å²) in [6.07, 6.45) is 4.46. The Bertz CT molecular complexity index is 1640. The van der Waals surface area contributed by atoms with Crippen LogP contribution in [0, 0.1) is 0 Å². The van der Waals surface area contributed by atoms with Crippen LogP contribution in [0.3, 0.4) is 0 Å². The van der Waals surface area contributed by atoms with Gasteiger partial charge in [-0.1, -0.05) is 55.3 Å². The number of methoxy groups -OCH3 is 1. The number of hydrogen-bond donors (Lipinski definition) is 2. The summed E-state index contributed by atoms with van der Waals surface area (Å²) in [5.74, 6) is 0.136. The number of hydrogen-bond acceptors (Lipinski definition) is 4. The lowest BCUT2D eigenvalue weighted by Gasteiger charge is -2.36. The summed E-state index contributed by atoms with van der Waals surface area (Å²) in [6.45, 7) is 0. The van der Waals surface area contributed by atoms with E-state index in [1.807, 2.05) is 48.5 Å². The predicted molar refractivity (Wildman–Crippen MR) is 152 cm³/mol. The molecule has 0 unspecified atom stereocenters. The minimum Gasteiger partial charge on any atom is -0.497 e. The second-order valence-corrected chi connectivity index (χ2v) is 10.8. The molecule has 2 N–H and O–H groups in total. The van der Waals surface area contributed by atoms with Crippen LogP contribution in [0.4, 0.5) is 10.5 Å². The van der Waals surface area contributed by atoms with E-state index in [4.69, 9.17) is 4.74 Å². The molecule has 2 atom stereocenters. The Hall–Kier alpha value is -4.59. The topological polar surface area (TPSA) is 94.7 Å². The third-order valence-electron chi connectivity index (χ3n) is 8.56. The van der Waals surface area contributed by atoms with Crippen LogP contribution in [-0.4, -0.2) is 46.9 Å². The highest BCUT2D eigenvalue weighted by molar-refractivity contribution is 6.24. The smallest absolute Gasteiger partial charge is 0.332 e. The summed E-state index contributed by atoms with van der Waals surface area (Å²) >= 11 is 0. The number of anilines is 1. The van der Waals surface area contributed by atoms with Crippen LogP contribution < -0.4 is 15.0 Å². The third-order valence-corrected chi connectivity index (χ3v) is 8.56. The van der Waals surface area contributed by atoms with Crippen LogP contribution in [0.15, 0.2) is 72.8 Å². The highest BCUT2D eigenvalue weighted by Gasteiger charge is 2.53. The number of carbonyl (C=O) groups excluding carboxylic acids is 3. The first-order valence-corrected chi connectivity index (χ1v) is 13.8. The number of imide groups is 1. The number of fused-ring (bicyclic) bond motifs is 4. The fraction of sp³-hybridized carbons (Fsp3) is 0.281. The van der Waals surface area contributed by atoms with E-state index in [0.717, 1.165) is 53.4 Å². The Morgan fingerprint density at radius 2 is 1.68 bits per heavy atom. The van der Waals surface area contributed by atoms with Crippen molar-refractivity contribution in [3.63, 3.8) is 0 Å². The molecule has 8 heteroatoms. The molecule has 40 heavy (non-hydrogen) atoms. The number of amides is 4. The molecule has 0 spiro atoms. The second kappa shape index (κ2) is 9.55. The van der Waals surface area contributed by atoms with E-state index in [1.165, 1.54) is 4.90 Å². The molecule has 202 valence electrons. The van der Waals surface area contributed by atoms with Crippen LogP contribution in [-0.2, 0) is 11.2 Å². The Kier molecular flexibility index (Phi) is 5.84. The van der Waals surface area contributed by atoms with Crippen LogP contribution in [0.25, 0.3) is 10.9 Å². The summed E-state index contributed by atoms with van der Waals surface area (Å²) < 4.78 is 5.37. The number of aromatic nitrogens is 1.